The Kier molecular flexibility index (Phi) is 5.56. The number of nitrogens with two attached hydrogens (primary N) is 1. The van der Waals surface area contributed by atoms with Crippen molar-refractivity contribution in [3.63, 3.8) is 0 Å². The highest BCUT2D eigenvalue weighted by Gasteiger charge is 2.35. The summed E-state index contributed by atoms with van der Waals surface area (Å²) in [6.45, 7) is 12.9. The summed E-state index contributed by atoms with van der Waals surface area (Å²) in [6, 6.07) is 10.2. The Bertz CT molecular complexity index is 1090. The summed E-state index contributed by atoms with van der Waals surface area (Å²) in [7, 11) is 0. The van der Waals surface area contributed by atoms with Crippen LogP contribution >= 0.6 is 0 Å². The molecule has 3 aromatic rings. The van der Waals surface area contributed by atoms with Gasteiger partial charge >= 0.3 is 0 Å². The molecule has 3 unspecified atom stereocenters. The molecule has 4 rings (SSSR count). The molecule has 1 aliphatic rings. The zero-order valence-electron chi connectivity index (χ0n) is 18.3. The second-order valence-corrected chi connectivity index (χ2v) is 8.38. The first kappa shape index (κ1) is 20.5. The van der Waals surface area contributed by atoms with Gasteiger partial charge in [0.1, 0.15) is 18.6 Å². The maximum atomic E-state index is 6.41. The standard InChI is InChI=1S/C25H31N3O2/c1-6-19-13-28(18(5)24(19)17(4)26)25-15(2)11-22(30-25)14-29-21-10-9-20-8-7-16(3)27-23(20)12-21/h7-10,12-13,15,22,25H,4,6,11,14,26H2,1-3,5H3. The Labute approximate surface area is 178 Å². The van der Waals surface area contributed by atoms with E-state index in [1.54, 1.807) is 0 Å². The number of nitrogens with zero attached hydrogens (tertiary/aromatic N) is 2. The van der Waals surface area contributed by atoms with Gasteiger partial charge in [-0.2, -0.15) is 0 Å². The number of aromatic nitrogens is 2. The fourth-order valence-electron chi connectivity index (χ4n) is 4.50. The lowest BCUT2D eigenvalue weighted by atomic mass is 10.1. The molecule has 1 aliphatic heterocycles. The fourth-order valence-corrected chi connectivity index (χ4v) is 4.50. The molecule has 3 heterocycles. The predicted octanol–water partition coefficient (Wildman–Crippen LogP) is 5.15. The molecule has 0 aliphatic carbocycles. The van der Waals surface area contributed by atoms with Crippen LogP contribution in [-0.2, 0) is 11.2 Å². The van der Waals surface area contributed by atoms with Gasteiger partial charge in [-0.1, -0.05) is 26.5 Å². The van der Waals surface area contributed by atoms with Crippen LogP contribution in [0.5, 0.6) is 5.75 Å². The molecule has 0 bridgehead atoms. The molecule has 0 saturated carbocycles. The lowest BCUT2D eigenvalue weighted by molar-refractivity contribution is -0.0277. The van der Waals surface area contributed by atoms with Gasteiger partial charge in [0.25, 0.3) is 0 Å². The Morgan fingerprint density at radius 3 is 2.77 bits per heavy atom. The third-order valence-corrected chi connectivity index (χ3v) is 6.03. The largest absolute Gasteiger partial charge is 0.491 e. The van der Waals surface area contributed by atoms with Crippen molar-refractivity contribution in [2.45, 2.75) is 52.9 Å². The first-order valence-electron chi connectivity index (χ1n) is 10.7. The number of fused-ring (bicyclic) bond motifs is 1. The highest BCUT2D eigenvalue weighted by atomic mass is 16.6. The van der Waals surface area contributed by atoms with Crippen LogP contribution in [0.3, 0.4) is 0 Å². The molecular formula is C25H31N3O2. The van der Waals surface area contributed by atoms with Gasteiger partial charge in [0, 0.05) is 46.2 Å². The van der Waals surface area contributed by atoms with Crippen molar-refractivity contribution >= 4 is 16.6 Å². The summed E-state index contributed by atoms with van der Waals surface area (Å²) < 4.78 is 14.7. The van der Waals surface area contributed by atoms with E-state index < -0.39 is 0 Å². The smallest absolute Gasteiger partial charge is 0.136 e. The molecule has 2 aromatic heterocycles. The van der Waals surface area contributed by atoms with Crippen molar-refractivity contribution in [3.8, 4) is 5.75 Å². The lowest BCUT2D eigenvalue weighted by Crippen LogP contribution is -2.19. The normalized spacial score (nSPS) is 21.3. The average molecular weight is 406 g/mol. The van der Waals surface area contributed by atoms with Crippen LogP contribution in [0, 0.1) is 19.8 Å². The Hall–Kier alpha value is -2.79. The molecule has 1 saturated heterocycles. The summed E-state index contributed by atoms with van der Waals surface area (Å²) in [4.78, 5) is 4.59. The number of ether oxygens (including phenoxy) is 2. The summed E-state index contributed by atoms with van der Waals surface area (Å²) >= 11 is 0. The quantitative estimate of drug-likeness (QED) is 0.616. The molecule has 0 amide bonds. The van der Waals surface area contributed by atoms with Crippen molar-refractivity contribution < 1.29 is 9.47 Å². The average Bonchev–Trinajstić information content (AvgIpc) is 3.24. The van der Waals surface area contributed by atoms with Crippen LogP contribution in [0.4, 0.5) is 0 Å². The van der Waals surface area contributed by atoms with Crippen LogP contribution in [0.1, 0.15) is 49.0 Å². The molecular weight excluding hydrogens is 374 g/mol. The van der Waals surface area contributed by atoms with Crippen molar-refractivity contribution in [2.24, 2.45) is 11.7 Å². The van der Waals surface area contributed by atoms with E-state index in [4.69, 9.17) is 15.2 Å². The lowest BCUT2D eigenvalue weighted by Gasteiger charge is -2.20. The van der Waals surface area contributed by atoms with E-state index in [0.717, 1.165) is 46.4 Å². The number of benzene rings is 1. The summed E-state index contributed by atoms with van der Waals surface area (Å²) in [6.07, 6.45) is 4.07. The molecule has 3 atom stereocenters. The minimum atomic E-state index is -0.0158. The van der Waals surface area contributed by atoms with Gasteiger partial charge in [-0.05, 0) is 50.5 Å². The SMILES string of the molecule is C=C(N)c1c(CC)cn(C2OC(COc3ccc4ccc(C)nc4c3)CC2C)c1C. The molecule has 0 spiro atoms. The van der Waals surface area contributed by atoms with E-state index in [2.05, 4.69) is 55.2 Å². The fraction of sp³-hybridized carbons (Fsp3) is 0.400. The van der Waals surface area contributed by atoms with E-state index >= 15 is 0 Å². The summed E-state index contributed by atoms with van der Waals surface area (Å²) in [5, 5.41) is 1.12. The number of hydrogen-bond donors (Lipinski definition) is 1. The van der Waals surface area contributed by atoms with E-state index in [-0.39, 0.29) is 12.3 Å². The predicted molar refractivity (Wildman–Crippen MR) is 121 cm³/mol. The van der Waals surface area contributed by atoms with Crippen LogP contribution in [0.25, 0.3) is 16.6 Å². The van der Waals surface area contributed by atoms with Gasteiger partial charge in [-0.3, -0.25) is 4.98 Å². The van der Waals surface area contributed by atoms with Gasteiger partial charge < -0.3 is 19.8 Å². The van der Waals surface area contributed by atoms with Gasteiger partial charge in [-0.15, -0.1) is 0 Å². The van der Waals surface area contributed by atoms with Gasteiger partial charge in [0.05, 0.1) is 11.6 Å². The molecule has 0 radical (unpaired) electrons. The summed E-state index contributed by atoms with van der Waals surface area (Å²) in [5.74, 6) is 1.21. The third-order valence-electron chi connectivity index (χ3n) is 6.03. The van der Waals surface area contributed by atoms with Crippen LogP contribution in [0.15, 0.2) is 43.1 Å². The van der Waals surface area contributed by atoms with Crippen LogP contribution < -0.4 is 10.5 Å². The van der Waals surface area contributed by atoms with E-state index in [9.17, 15) is 0 Å². The van der Waals surface area contributed by atoms with Gasteiger partial charge in [0.2, 0.25) is 0 Å². The molecule has 158 valence electrons. The number of pyridine rings is 1. The number of rotatable bonds is 6. The second-order valence-electron chi connectivity index (χ2n) is 8.38. The molecule has 2 N–H and O–H groups in total. The van der Waals surface area contributed by atoms with Crippen molar-refractivity contribution in [3.05, 3.63) is 65.6 Å². The van der Waals surface area contributed by atoms with Crippen molar-refractivity contribution in [1.82, 2.24) is 9.55 Å². The van der Waals surface area contributed by atoms with E-state index in [1.165, 1.54) is 5.56 Å². The monoisotopic (exact) mass is 405 g/mol. The molecule has 1 fully saturated rings. The Balaban J connectivity index is 1.47. The van der Waals surface area contributed by atoms with Crippen LogP contribution in [-0.4, -0.2) is 22.3 Å². The maximum absolute atomic E-state index is 6.41. The molecule has 5 heteroatoms. The maximum Gasteiger partial charge on any atom is 0.136 e. The molecule has 1 aromatic carbocycles. The zero-order valence-corrected chi connectivity index (χ0v) is 18.3. The highest BCUT2D eigenvalue weighted by Crippen LogP contribution is 2.37. The Morgan fingerprint density at radius 2 is 2.07 bits per heavy atom. The van der Waals surface area contributed by atoms with Crippen LogP contribution in [0.2, 0.25) is 0 Å². The Morgan fingerprint density at radius 1 is 1.30 bits per heavy atom. The minimum absolute atomic E-state index is 0.0158. The topological polar surface area (TPSA) is 62.3 Å². The van der Waals surface area contributed by atoms with E-state index in [1.807, 2.05) is 25.1 Å². The highest BCUT2D eigenvalue weighted by molar-refractivity contribution is 5.80. The zero-order chi connectivity index (χ0) is 21.4. The third kappa shape index (κ3) is 3.82. The first-order valence-corrected chi connectivity index (χ1v) is 10.7. The van der Waals surface area contributed by atoms with Crippen molar-refractivity contribution in [1.29, 1.82) is 0 Å². The molecule has 30 heavy (non-hydrogen) atoms. The molecule has 5 nitrogen and oxygen atoms in total. The van der Waals surface area contributed by atoms with Gasteiger partial charge in [0.15, 0.2) is 0 Å². The van der Waals surface area contributed by atoms with Gasteiger partial charge in [-0.25, -0.2) is 0 Å². The minimum Gasteiger partial charge on any atom is -0.491 e. The van der Waals surface area contributed by atoms with Crippen molar-refractivity contribution in [2.75, 3.05) is 6.61 Å². The first-order chi connectivity index (χ1) is 14.4. The van der Waals surface area contributed by atoms with E-state index in [0.29, 0.717) is 18.2 Å². The number of hydrogen-bond acceptors (Lipinski definition) is 4. The summed E-state index contributed by atoms with van der Waals surface area (Å²) in [5.41, 5.74) is 12.0. The second kappa shape index (κ2) is 8.15. The number of aryl methyl sites for hydroxylation is 2.